The molecule has 0 N–H and O–H groups in total. The smallest absolute Gasteiger partial charge is 0.243 e. The summed E-state index contributed by atoms with van der Waals surface area (Å²) in [6.07, 6.45) is 0.885. The molecule has 0 saturated carbocycles. The van der Waals surface area contributed by atoms with Crippen LogP contribution in [0.4, 0.5) is 0 Å². The second-order valence-corrected chi connectivity index (χ2v) is 10.0. The van der Waals surface area contributed by atoms with E-state index in [9.17, 15) is 18.0 Å². The van der Waals surface area contributed by atoms with Gasteiger partial charge in [-0.2, -0.15) is 4.31 Å². The Morgan fingerprint density at radius 3 is 2.03 bits per heavy atom. The number of carbonyl (C=O) groups is 2. The van der Waals surface area contributed by atoms with Crippen LogP contribution in [-0.2, 0) is 14.8 Å². The van der Waals surface area contributed by atoms with Crippen molar-refractivity contribution < 1.29 is 18.0 Å². The maximum absolute atomic E-state index is 13.4. The minimum absolute atomic E-state index is 0.0587. The lowest BCUT2D eigenvalue weighted by molar-refractivity contribution is -0.135. The minimum atomic E-state index is -3.66. The van der Waals surface area contributed by atoms with Gasteiger partial charge < -0.3 is 4.90 Å². The van der Waals surface area contributed by atoms with Gasteiger partial charge in [0.15, 0.2) is 5.78 Å². The van der Waals surface area contributed by atoms with Crippen LogP contribution in [0.15, 0.2) is 59.5 Å². The van der Waals surface area contributed by atoms with Crippen molar-refractivity contribution in [3.05, 3.63) is 65.7 Å². The molecule has 6 nitrogen and oxygen atoms in total. The number of hydrogen-bond acceptors (Lipinski definition) is 4. The van der Waals surface area contributed by atoms with E-state index in [1.165, 1.54) is 35.5 Å². The van der Waals surface area contributed by atoms with Crippen LogP contribution < -0.4 is 0 Å². The van der Waals surface area contributed by atoms with Crippen LogP contribution in [0.2, 0.25) is 0 Å². The fraction of sp³-hybridized carbons (Fsp3) is 0.417. The molecule has 3 rings (SSSR count). The van der Waals surface area contributed by atoms with E-state index >= 15 is 0 Å². The normalized spacial score (nSPS) is 17.2. The van der Waals surface area contributed by atoms with E-state index in [0.717, 1.165) is 12.0 Å². The Balaban J connectivity index is 1.71. The first-order chi connectivity index (χ1) is 14.8. The predicted molar refractivity (Wildman–Crippen MR) is 120 cm³/mol. The van der Waals surface area contributed by atoms with E-state index in [0.29, 0.717) is 18.7 Å². The Kier molecular flexibility index (Phi) is 7.28. The van der Waals surface area contributed by atoms with E-state index in [1.807, 2.05) is 30.3 Å². The Bertz CT molecular complexity index is 1010. The zero-order chi connectivity index (χ0) is 22.6. The molecule has 0 spiro atoms. The minimum Gasteiger partial charge on any atom is -0.340 e. The summed E-state index contributed by atoms with van der Waals surface area (Å²) in [7, 11) is -3.66. The molecule has 0 radical (unpaired) electrons. The van der Waals surface area contributed by atoms with Gasteiger partial charge in [-0.3, -0.25) is 9.59 Å². The fourth-order valence-electron chi connectivity index (χ4n) is 3.97. The molecule has 7 heteroatoms. The number of sulfonamides is 1. The molecule has 0 bridgehead atoms. The van der Waals surface area contributed by atoms with Gasteiger partial charge in [-0.15, -0.1) is 0 Å². The lowest BCUT2D eigenvalue weighted by atomic mass is 9.84. The summed E-state index contributed by atoms with van der Waals surface area (Å²) in [5.41, 5.74) is 1.48. The maximum atomic E-state index is 13.4. The van der Waals surface area contributed by atoms with E-state index in [4.69, 9.17) is 0 Å². The highest BCUT2D eigenvalue weighted by atomic mass is 32.2. The zero-order valence-electron chi connectivity index (χ0n) is 18.3. The van der Waals surface area contributed by atoms with Gasteiger partial charge in [0, 0.05) is 31.7 Å². The first-order valence-corrected chi connectivity index (χ1v) is 12.1. The van der Waals surface area contributed by atoms with E-state index in [-0.39, 0.29) is 41.5 Å². The first kappa shape index (κ1) is 23.2. The summed E-state index contributed by atoms with van der Waals surface area (Å²) in [6.45, 7) is 6.85. The van der Waals surface area contributed by atoms with Gasteiger partial charge >= 0.3 is 0 Å². The molecule has 2 unspecified atom stereocenters. The van der Waals surface area contributed by atoms with Gasteiger partial charge in [-0.05, 0) is 30.5 Å². The quantitative estimate of drug-likeness (QED) is 0.615. The van der Waals surface area contributed by atoms with Gasteiger partial charge in [0.2, 0.25) is 15.9 Å². The second kappa shape index (κ2) is 9.75. The maximum Gasteiger partial charge on any atom is 0.243 e. The van der Waals surface area contributed by atoms with Crippen LogP contribution in [0.5, 0.6) is 0 Å². The van der Waals surface area contributed by atoms with E-state index in [1.54, 1.807) is 4.90 Å². The number of ketones is 1. The molecule has 2 atom stereocenters. The average molecular weight is 443 g/mol. The van der Waals surface area contributed by atoms with Gasteiger partial charge in [0.1, 0.15) is 0 Å². The zero-order valence-corrected chi connectivity index (χ0v) is 19.1. The fourth-order valence-corrected chi connectivity index (χ4v) is 5.39. The molecule has 0 aromatic heterocycles. The summed E-state index contributed by atoms with van der Waals surface area (Å²) in [5.74, 6) is -0.0845. The molecular formula is C24H30N2O4S. The van der Waals surface area contributed by atoms with Crippen molar-refractivity contribution in [1.29, 1.82) is 0 Å². The molecule has 2 aromatic rings. The molecule has 1 fully saturated rings. The van der Waals surface area contributed by atoms with Crippen molar-refractivity contribution >= 4 is 21.7 Å². The SMILES string of the molecule is CCC(C)C(C(=O)N1CCN(S(=O)(=O)c2ccc(C(C)=O)cc2)CC1)c1ccccc1. The molecule has 1 amide bonds. The van der Waals surface area contributed by atoms with Crippen molar-refractivity contribution in [2.24, 2.45) is 5.92 Å². The lowest BCUT2D eigenvalue weighted by Crippen LogP contribution is -2.52. The molecule has 1 saturated heterocycles. The Morgan fingerprint density at radius 2 is 1.52 bits per heavy atom. The van der Waals surface area contributed by atoms with Crippen LogP contribution in [0.1, 0.15) is 49.0 Å². The van der Waals surface area contributed by atoms with Crippen LogP contribution in [0, 0.1) is 5.92 Å². The predicted octanol–water partition coefficient (Wildman–Crippen LogP) is 3.55. The van der Waals surface area contributed by atoms with Crippen LogP contribution >= 0.6 is 0 Å². The number of nitrogens with zero attached hydrogens (tertiary/aromatic N) is 2. The molecule has 31 heavy (non-hydrogen) atoms. The average Bonchev–Trinajstić information content (AvgIpc) is 2.79. The van der Waals surface area contributed by atoms with E-state index in [2.05, 4.69) is 13.8 Å². The van der Waals surface area contributed by atoms with Gasteiger partial charge in [0.05, 0.1) is 10.8 Å². The van der Waals surface area contributed by atoms with Crippen LogP contribution in [0.3, 0.4) is 0 Å². The van der Waals surface area contributed by atoms with Crippen molar-refractivity contribution in [3.8, 4) is 0 Å². The van der Waals surface area contributed by atoms with Gasteiger partial charge in [0.25, 0.3) is 0 Å². The number of rotatable bonds is 7. The summed E-state index contributed by atoms with van der Waals surface area (Å²) in [4.78, 5) is 26.7. The van der Waals surface area contributed by atoms with Crippen molar-refractivity contribution in [2.75, 3.05) is 26.2 Å². The van der Waals surface area contributed by atoms with Crippen molar-refractivity contribution in [1.82, 2.24) is 9.21 Å². The number of benzene rings is 2. The molecule has 1 aliphatic rings. The van der Waals surface area contributed by atoms with Crippen LogP contribution in [0.25, 0.3) is 0 Å². The molecule has 0 aliphatic carbocycles. The highest BCUT2D eigenvalue weighted by Crippen LogP contribution is 2.30. The molecule has 1 heterocycles. The van der Waals surface area contributed by atoms with Gasteiger partial charge in [-0.25, -0.2) is 8.42 Å². The molecule has 1 aliphatic heterocycles. The molecule has 166 valence electrons. The van der Waals surface area contributed by atoms with Crippen molar-refractivity contribution in [2.45, 2.75) is 38.0 Å². The number of piperazine rings is 1. The Labute approximate surface area is 184 Å². The van der Waals surface area contributed by atoms with Gasteiger partial charge in [-0.1, -0.05) is 62.7 Å². The number of Topliss-reactive ketones (excluding diaryl/α,β-unsaturated/α-hetero) is 1. The second-order valence-electron chi connectivity index (χ2n) is 8.08. The third-order valence-corrected chi connectivity index (χ3v) is 8.00. The topological polar surface area (TPSA) is 74.8 Å². The molecular weight excluding hydrogens is 412 g/mol. The monoisotopic (exact) mass is 442 g/mol. The number of amides is 1. The largest absolute Gasteiger partial charge is 0.340 e. The summed E-state index contributed by atoms with van der Waals surface area (Å²) >= 11 is 0. The van der Waals surface area contributed by atoms with E-state index < -0.39 is 10.0 Å². The molecule has 2 aromatic carbocycles. The summed E-state index contributed by atoms with van der Waals surface area (Å²) in [6, 6.07) is 15.8. The third kappa shape index (κ3) is 5.05. The Hall–Kier alpha value is -2.51. The Morgan fingerprint density at radius 1 is 0.935 bits per heavy atom. The summed E-state index contributed by atoms with van der Waals surface area (Å²) in [5, 5.41) is 0. The number of hydrogen-bond donors (Lipinski definition) is 0. The first-order valence-electron chi connectivity index (χ1n) is 10.7. The standard InChI is InChI=1S/C24H30N2O4S/c1-4-18(2)23(21-8-6-5-7-9-21)24(28)25-14-16-26(17-15-25)31(29,30)22-12-10-20(11-13-22)19(3)27/h5-13,18,23H,4,14-17H2,1-3H3. The third-order valence-electron chi connectivity index (χ3n) is 6.09. The van der Waals surface area contributed by atoms with Crippen LogP contribution in [-0.4, -0.2) is 55.5 Å². The highest BCUT2D eigenvalue weighted by molar-refractivity contribution is 7.89. The lowest BCUT2D eigenvalue weighted by Gasteiger charge is -2.37. The van der Waals surface area contributed by atoms with Crippen molar-refractivity contribution in [3.63, 3.8) is 0 Å². The number of carbonyl (C=O) groups excluding carboxylic acids is 2. The summed E-state index contributed by atoms with van der Waals surface area (Å²) < 4.78 is 27.4. The highest BCUT2D eigenvalue weighted by Gasteiger charge is 2.34.